The Labute approximate surface area is 214 Å². The first kappa shape index (κ1) is 24.8. The summed E-state index contributed by atoms with van der Waals surface area (Å²) in [5.74, 6) is 0.239. The van der Waals surface area contributed by atoms with Crippen LogP contribution in [0.3, 0.4) is 0 Å². The number of morpholine rings is 1. The lowest BCUT2D eigenvalue weighted by molar-refractivity contribution is -0.122. The molecule has 1 atom stereocenters. The molecule has 0 aliphatic carbocycles. The number of carbonyl (C=O) groups excluding carboxylic acids is 2. The number of fused-ring (bicyclic) bond motifs is 3. The second-order valence-corrected chi connectivity index (χ2v) is 9.65. The molecule has 1 saturated heterocycles. The summed E-state index contributed by atoms with van der Waals surface area (Å²) in [4.78, 5) is 42.8. The Morgan fingerprint density at radius 3 is 2.78 bits per heavy atom. The van der Waals surface area contributed by atoms with Gasteiger partial charge in [0.25, 0.3) is 11.8 Å². The fourth-order valence-electron chi connectivity index (χ4n) is 4.69. The summed E-state index contributed by atoms with van der Waals surface area (Å²) in [6.07, 6.45) is 4.73. The largest absolute Gasteiger partial charge is 0.377 e. The topological polar surface area (TPSA) is 101 Å². The molecule has 1 fully saturated rings. The number of aromatic nitrogens is 3. The van der Waals surface area contributed by atoms with Crippen molar-refractivity contribution < 1.29 is 18.7 Å². The predicted octanol–water partition coefficient (Wildman–Crippen LogP) is 3.88. The van der Waals surface area contributed by atoms with E-state index in [1.54, 1.807) is 23.4 Å². The maximum absolute atomic E-state index is 14.3. The number of likely N-dealkylation sites (N-methyl/N-ethyl adjacent to an activating group) is 1. The second-order valence-electron chi connectivity index (χ2n) is 9.65. The van der Waals surface area contributed by atoms with Crippen molar-refractivity contribution in [3.63, 3.8) is 0 Å². The van der Waals surface area contributed by atoms with Crippen molar-refractivity contribution in [3.8, 4) is 11.1 Å². The van der Waals surface area contributed by atoms with E-state index in [0.717, 1.165) is 22.5 Å². The van der Waals surface area contributed by atoms with Crippen LogP contribution in [0.1, 0.15) is 42.5 Å². The summed E-state index contributed by atoms with van der Waals surface area (Å²) in [7, 11) is 0. The van der Waals surface area contributed by atoms with Gasteiger partial charge in [-0.2, -0.15) is 0 Å². The lowest BCUT2D eigenvalue weighted by Crippen LogP contribution is -2.59. The van der Waals surface area contributed by atoms with Crippen LogP contribution in [0.25, 0.3) is 11.1 Å². The van der Waals surface area contributed by atoms with Crippen LogP contribution < -0.4 is 15.1 Å². The summed E-state index contributed by atoms with van der Waals surface area (Å²) < 4.78 is 19.9. The summed E-state index contributed by atoms with van der Waals surface area (Å²) >= 11 is 0. The van der Waals surface area contributed by atoms with Crippen molar-refractivity contribution in [3.05, 3.63) is 59.8 Å². The van der Waals surface area contributed by atoms with Crippen molar-refractivity contribution >= 4 is 29.0 Å². The van der Waals surface area contributed by atoms with Gasteiger partial charge in [-0.15, -0.1) is 0 Å². The first-order valence-electron chi connectivity index (χ1n) is 12.3. The Hall–Kier alpha value is -3.92. The molecule has 9 nitrogen and oxygen atoms in total. The van der Waals surface area contributed by atoms with E-state index in [9.17, 15) is 14.0 Å². The van der Waals surface area contributed by atoms with Crippen LogP contribution in [0.15, 0.2) is 42.9 Å². The highest BCUT2D eigenvalue weighted by Gasteiger charge is 2.40. The lowest BCUT2D eigenvalue weighted by atomic mass is 10.0. The highest BCUT2D eigenvalue weighted by molar-refractivity contribution is 6.06. The van der Waals surface area contributed by atoms with Crippen molar-refractivity contribution in [2.75, 3.05) is 41.4 Å². The van der Waals surface area contributed by atoms with E-state index in [0.29, 0.717) is 43.4 Å². The molecule has 2 aliphatic rings. The molecule has 0 saturated carbocycles. The van der Waals surface area contributed by atoms with Gasteiger partial charge in [0.05, 0.1) is 36.5 Å². The van der Waals surface area contributed by atoms with Crippen LogP contribution in [0.2, 0.25) is 0 Å². The number of anilines is 3. The molecule has 37 heavy (non-hydrogen) atoms. The zero-order chi connectivity index (χ0) is 26.3. The molecule has 1 unspecified atom stereocenters. The normalized spacial score (nSPS) is 17.3. The van der Waals surface area contributed by atoms with Crippen LogP contribution in [0.4, 0.5) is 21.6 Å². The number of amides is 2. The van der Waals surface area contributed by atoms with E-state index in [4.69, 9.17) is 4.74 Å². The summed E-state index contributed by atoms with van der Waals surface area (Å²) in [6.45, 7) is 8.61. The van der Waals surface area contributed by atoms with Crippen molar-refractivity contribution in [1.82, 2.24) is 15.0 Å². The van der Waals surface area contributed by atoms with Crippen LogP contribution in [0.5, 0.6) is 0 Å². The summed E-state index contributed by atoms with van der Waals surface area (Å²) in [5.41, 5.74) is 2.59. The van der Waals surface area contributed by atoms with E-state index >= 15 is 0 Å². The average molecular weight is 505 g/mol. The minimum Gasteiger partial charge on any atom is -0.377 e. The minimum absolute atomic E-state index is 0.00655. The standard InChI is InChI=1S/C27H29FN6O3/c1-5-33-24-21(34-8-9-37-15-22(34)26(33)36)10-18(13-31-24)20-12-19(14-30-16(20)2)32-25(35)17-6-7-29-23(11-17)27(3,4)28/h6-7,10-14,22H,5,8-9,15H2,1-4H3,(H,32,35). The molecule has 0 bridgehead atoms. The van der Waals surface area contributed by atoms with Gasteiger partial charge in [-0.1, -0.05) is 0 Å². The Morgan fingerprint density at radius 1 is 1.22 bits per heavy atom. The maximum atomic E-state index is 14.3. The van der Waals surface area contributed by atoms with Crippen LogP contribution in [0, 0.1) is 6.92 Å². The van der Waals surface area contributed by atoms with Crippen LogP contribution >= 0.6 is 0 Å². The number of nitrogens with zero attached hydrogens (tertiary/aromatic N) is 5. The van der Waals surface area contributed by atoms with Crippen molar-refractivity contribution in [1.29, 1.82) is 0 Å². The van der Waals surface area contributed by atoms with E-state index in [1.807, 2.05) is 26.0 Å². The SMILES string of the molecule is CCN1C(=O)C2COCCN2c2cc(-c3cc(NC(=O)c4ccnc(C(C)(C)F)c4)cnc3C)cnc21. The molecular weight excluding hydrogens is 475 g/mol. The molecule has 5 rings (SSSR count). The van der Waals surface area contributed by atoms with E-state index in [1.165, 1.54) is 26.1 Å². The quantitative estimate of drug-likeness (QED) is 0.563. The zero-order valence-corrected chi connectivity index (χ0v) is 21.3. The third-order valence-corrected chi connectivity index (χ3v) is 6.70. The lowest BCUT2D eigenvalue weighted by Gasteiger charge is -2.44. The Kier molecular flexibility index (Phi) is 6.36. The van der Waals surface area contributed by atoms with Crippen LogP contribution in [-0.4, -0.2) is 59.1 Å². The molecular formula is C27H29FN6O3. The summed E-state index contributed by atoms with van der Waals surface area (Å²) in [5, 5.41) is 2.85. The van der Waals surface area contributed by atoms with Gasteiger partial charge < -0.3 is 15.0 Å². The maximum Gasteiger partial charge on any atom is 0.255 e. The molecule has 1 N–H and O–H groups in total. The number of pyridine rings is 3. The molecule has 0 radical (unpaired) electrons. The van der Waals surface area contributed by atoms with Gasteiger partial charge in [0.1, 0.15) is 11.7 Å². The molecule has 0 spiro atoms. The molecule has 3 aromatic heterocycles. The molecule has 3 aromatic rings. The third kappa shape index (κ3) is 4.64. The van der Waals surface area contributed by atoms with E-state index in [2.05, 4.69) is 25.2 Å². The van der Waals surface area contributed by atoms with E-state index in [-0.39, 0.29) is 23.6 Å². The number of hydrogen-bond donors (Lipinski definition) is 1. The van der Waals surface area contributed by atoms with E-state index < -0.39 is 5.67 Å². The second kappa shape index (κ2) is 9.51. The molecule has 10 heteroatoms. The molecule has 2 aliphatic heterocycles. The molecule has 0 aromatic carbocycles. The zero-order valence-electron chi connectivity index (χ0n) is 21.3. The van der Waals surface area contributed by atoms with Gasteiger partial charge in [0.15, 0.2) is 5.82 Å². The van der Waals surface area contributed by atoms with Gasteiger partial charge >= 0.3 is 0 Å². The van der Waals surface area contributed by atoms with Gasteiger partial charge in [-0.05, 0) is 52.0 Å². The Balaban J connectivity index is 1.47. The predicted molar refractivity (Wildman–Crippen MR) is 139 cm³/mol. The number of halogens is 1. The summed E-state index contributed by atoms with van der Waals surface area (Å²) in [6, 6.07) is 6.48. The highest BCUT2D eigenvalue weighted by atomic mass is 19.1. The number of carbonyl (C=O) groups is 2. The highest BCUT2D eigenvalue weighted by Crippen LogP contribution is 2.39. The third-order valence-electron chi connectivity index (χ3n) is 6.70. The smallest absolute Gasteiger partial charge is 0.255 e. The van der Waals surface area contributed by atoms with Crippen molar-refractivity contribution in [2.24, 2.45) is 0 Å². The van der Waals surface area contributed by atoms with Gasteiger partial charge in [-0.3, -0.25) is 24.5 Å². The van der Waals surface area contributed by atoms with Gasteiger partial charge in [-0.25, -0.2) is 9.37 Å². The number of hydrogen-bond acceptors (Lipinski definition) is 7. The molecule has 192 valence electrons. The number of alkyl halides is 1. The Morgan fingerprint density at radius 2 is 2.03 bits per heavy atom. The first-order chi connectivity index (χ1) is 17.7. The number of ether oxygens (including phenoxy) is 1. The molecule has 2 amide bonds. The fraction of sp³-hybridized carbons (Fsp3) is 0.370. The average Bonchev–Trinajstić information content (AvgIpc) is 2.89. The number of nitrogens with one attached hydrogen (secondary N) is 1. The number of aryl methyl sites for hydroxylation is 1. The van der Waals surface area contributed by atoms with Gasteiger partial charge in [0.2, 0.25) is 0 Å². The van der Waals surface area contributed by atoms with Crippen molar-refractivity contribution in [2.45, 2.75) is 39.4 Å². The number of rotatable bonds is 5. The van der Waals surface area contributed by atoms with Crippen LogP contribution in [-0.2, 0) is 15.2 Å². The minimum atomic E-state index is -1.66. The fourth-order valence-corrected chi connectivity index (χ4v) is 4.69. The first-order valence-corrected chi connectivity index (χ1v) is 12.3. The monoisotopic (exact) mass is 504 g/mol. The van der Waals surface area contributed by atoms with Gasteiger partial charge in [0, 0.05) is 47.9 Å². The molecule has 5 heterocycles. The Bertz CT molecular complexity index is 1370.